The molecule has 14 heteroatoms. The summed E-state index contributed by atoms with van der Waals surface area (Å²) in [5, 5.41) is 25.6. The molecule has 180 valence electrons. The summed E-state index contributed by atoms with van der Waals surface area (Å²) in [5.74, 6) is -0.625. The zero-order valence-corrected chi connectivity index (χ0v) is 19.4. The second kappa shape index (κ2) is 9.93. The van der Waals surface area contributed by atoms with Crippen molar-refractivity contribution < 1.29 is 27.4 Å². The number of H-pyrrole nitrogens is 1. The summed E-state index contributed by atoms with van der Waals surface area (Å²) in [6.07, 6.45) is 1.05. The molecule has 0 aliphatic rings. The first kappa shape index (κ1) is 24.7. The maximum Gasteiger partial charge on any atom is 0.340 e. The largest absolute Gasteiger partial charge is 0.462 e. The van der Waals surface area contributed by atoms with Gasteiger partial charge >= 0.3 is 21.8 Å². The zero-order chi connectivity index (χ0) is 25.0. The van der Waals surface area contributed by atoms with E-state index in [9.17, 15) is 27.9 Å². The van der Waals surface area contributed by atoms with E-state index in [1.807, 2.05) is 18.7 Å². The summed E-state index contributed by atoms with van der Waals surface area (Å²) < 4.78 is 38.3. The summed E-state index contributed by atoms with van der Waals surface area (Å²) in [5.41, 5.74) is 0.0724. The van der Waals surface area contributed by atoms with Gasteiger partial charge in [0.1, 0.15) is 16.8 Å². The van der Waals surface area contributed by atoms with Crippen LogP contribution in [0.2, 0.25) is 0 Å². The number of aromatic amines is 1. The van der Waals surface area contributed by atoms with Gasteiger partial charge in [-0.3, -0.25) is 19.8 Å². The molecule has 0 saturated carbocycles. The lowest BCUT2D eigenvalue weighted by atomic mass is 10.1. The second-order valence-corrected chi connectivity index (χ2v) is 8.32. The summed E-state index contributed by atoms with van der Waals surface area (Å²) in [4.78, 5) is 24.2. The third-order valence-corrected chi connectivity index (χ3v) is 5.85. The van der Waals surface area contributed by atoms with E-state index in [0.717, 1.165) is 18.0 Å². The Balaban J connectivity index is 2.18. The number of hydrogen-bond acceptors (Lipinski definition) is 10. The monoisotopic (exact) mass is 490 g/mol. The topological polar surface area (TPSA) is 180 Å². The molecule has 0 fully saturated rings. The van der Waals surface area contributed by atoms with Crippen LogP contribution in [0.25, 0.3) is 10.9 Å². The third kappa shape index (κ3) is 4.87. The summed E-state index contributed by atoms with van der Waals surface area (Å²) in [7, 11) is -4.97. The Labute approximate surface area is 194 Å². The molecule has 0 bridgehead atoms. The number of esters is 1. The number of nitro groups is 1. The van der Waals surface area contributed by atoms with Crippen LogP contribution in [-0.2, 0) is 14.9 Å². The van der Waals surface area contributed by atoms with Gasteiger partial charge in [0.2, 0.25) is 0 Å². The molecule has 2 aromatic carbocycles. The molecule has 3 aromatic rings. The molecule has 13 nitrogen and oxygen atoms in total. The lowest BCUT2D eigenvalue weighted by Crippen LogP contribution is -2.22. The van der Waals surface area contributed by atoms with Gasteiger partial charge in [0.05, 0.1) is 28.8 Å². The Morgan fingerprint density at radius 3 is 2.47 bits per heavy atom. The van der Waals surface area contributed by atoms with E-state index in [0.29, 0.717) is 13.1 Å². The summed E-state index contributed by atoms with van der Waals surface area (Å²) >= 11 is 0. The van der Waals surface area contributed by atoms with E-state index in [2.05, 4.69) is 20.4 Å². The molecule has 0 saturated heterocycles. The van der Waals surface area contributed by atoms with Crippen molar-refractivity contribution in [3.8, 4) is 0 Å². The van der Waals surface area contributed by atoms with Gasteiger partial charge in [0, 0.05) is 18.8 Å². The number of nitrogens with zero attached hydrogens (tertiary/aromatic N) is 5. The van der Waals surface area contributed by atoms with Crippen molar-refractivity contribution in [2.24, 2.45) is 10.2 Å². The van der Waals surface area contributed by atoms with Crippen molar-refractivity contribution in [3.63, 3.8) is 0 Å². The molecular formula is C20H22N6O7S. The van der Waals surface area contributed by atoms with Crippen molar-refractivity contribution >= 4 is 49.7 Å². The highest BCUT2D eigenvalue weighted by molar-refractivity contribution is 7.86. The average molecular weight is 490 g/mol. The highest BCUT2D eigenvalue weighted by Crippen LogP contribution is 2.38. The molecule has 34 heavy (non-hydrogen) atoms. The fraction of sp³-hybridized carbons (Fsp3) is 0.300. The number of ether oxygens (including phenoxy) is 1. The first-order valence-corrected chi connectivity index (χ1v) is 11.7. The Morgan fingerprint density at radius 2 is 1.88 bits per heavy atom. The van der Waals surface area contributed by atoms with Gasteiger partial charge in [-0.1, -0.05) is 0 Å². The predicted molar refractivity (Wildman–Crippen MR) is 123 cm³/mol. The molecule has 0 spiro atoms. The van der Waals surface area contributed by atoms with Crippen LogP contribution in [0.5, 0.6) is 0 Å². The van der Waals surface area contributed by atoms with E-state index < -0.39 is 31.6 Å². The van der Waals surface area contributed by atoms with E-state index in [-0.39, 0.29) is 34.4 Å². The SMILES string of the molecule is CCOC(=O)c1cc(N(CC)CC)ccc1N=Nc1cc(S(=O)(=O)O)c([N+](=O)[O-])c2cn[nH]c12. The van der Waals surface area contributed by atoms with E-state index in [1.54, 1.807) is 25.1 Å². The average Bonchev–Trinajstić information content (AvgIpc) is 3.27. The standard InChI is InChI=1S/C20H22N6O7S/c1-4-25(5-2)12-7-8-15(13(9-12)20(27)33-6-3)22-23-16-10-17(34(30,31)32)19(26(28)29)14-11-21-24-18(14)16/h7-11H,4-6H2,1-3H3,(H,21,24)(H,30,31,32). The molecule has 0 amide bonds. The van der Waals surface area contributed by atoms with Crippen LogP contribution in [-0.4, -0.2) is 53.8 Å². The minimum absolute atomic E-state index is 0.0281. The zero-order valence-electron chi connectivity index (χ0n) is 18.5. The first-order chi connectivity index (χ1) is 16.1. The van der Waals surface area contributed by atoms with Crippen LogP contribution in [0, 0.1) is 10.1 Å². The normalized spacial score (nSPS) is 11.8. The second-order valence-electron chi connectivity index (χ2n) is 6.93. The number of azo groups is 1. The summed E-state index contributed by atoms with van der Waals surface area (Å²) in [6, 6.07) is 5.73. The lowest BCUT2D eigenvalue weighted by Gasteiger charge is -2.21. The summed E-state index contributed by atoms with van der Waals surface area (Å²) in [6.45, 7) is 7.16. The third-order valence-electron chi connectivity index (χ3n) is 4.98. The van der Waals surface area contributed by atoms with Crippen LogP contribution >= 0.6 is 0 Å². The maximum atomic E-state index is 12.6. The molecule has 1 aromatic heterocycles. The Bertz CT molecular complexity index is 1380. The Hall–Kier alpha value is -3.91. The number of benzene rings is 2. The number of anilines is 1. The highest BCUT2D eigenvalue weighted by atomic mass is 32.2. The molecule has 0 atom stereocenters. The van der Waals surface area contributed by atoms with Crippen molar-refractivity contribution in [1.82, 2.24) is 10.2 Å². The molecule has 0 aliphatic heterocycles. The number of carbonyl (C=O) groups excluding carboxylic acids is 1. The first-order valence-electron chi connectivity index (χ1n) is 10.2. The number of aromatic nitrogens is 2. The van der Waals surface area contributed by atoms with Crippen molar-refractivity contribution in [3.05, 3.63) is 46.1 Å². The quantitative estimate of drug-likeness (QED) is 0.146. The molecule has 0 radical (unpaired) electrons. The van der Waals surface area contributed by atoms with Crippen LogP contribution in [0.3, 0.4) is 0 Å². The highest BCUT2D eigenvalue weighted by Gasteiger charge is 2.30. The van der Waals surface area contributed by atoms with Crippen LogP contribution in [0.1, 0.15) is 31.1 Å². The van der Waals surface area contributed by atoms with E-state index in [4.69, 9.17) is 4.74 Å². The van der Waals surface area contributed by atoms with Gasteiger partial charge < -0.3 is 9.64 Å². The van der Waals surface area contributed by atoms with Gasteiger partial charge in [-0.05, 0) is 45.0 Å². The number of nitrogens with one attached hydrogen (secondary N) is 1. The van der Waals surface area contributed by atoms with Crippen LogP contribution < -0.4 is 4.90 Å². The van der Waals surface area contributed by atoms with Gasteiger partial charge in [-0.2, -0.15) is 13.5 Å². The van der Waals surface area contributed by atoms with E-state index in [1.165, 1.54) is 0 Å². The minimum Gasteiger partial charge on any atom is -0.462 e. The molecule has 0 aliphatic carbocycles. The Kier molecular flexibility index (Phi) is 7.22. The molecule has 1 heterocycles. The number of hydrogen-bond donors (Lipinski definition) is 2. The fourth-order valence-electron chi connectivity index (χ4n) is 3.40. The van der Waals surface area contributed by atoms with Crippen LogP contribution in [0.15, 0.2) is 45.6 Å². The van der Waals surface area contributed by atoms with Crippen molar-refractivity contribution in [1.29, 1.82) is 0 Å². The molecule has 2 N–H and O–H groups in total. The minimum atomic E-state index is -4.97. The smallest absolute Gasteiger partial charge is 0.340 e. The number of fused-ring (bicyclic) bond motifs is 1. The van der Waals surface area contributed by atoms with Gasteiger partial charge in [-0.25, -0.2) is 4.79 Å². The lowest BCUT2D eigenvalue weighted by molar-refractivity contribution is -0.386. The Morgan fingerprint density at radius 1 is 1.21 bits per heavy atom. The van der Waals surface area contributed by atoms with Gasteiger partial charge in [-0.15, -0.1) is 10.2 Å². The predicted octanol–water partition coefficient (Wildman–Crippen LogP) is 4.16. The van der Waals surface area contributed by atoms with Gasteiger partial charge in [0.15, 0.2) is 4.90 Å². The fourth-order valence-corrected chi connectivity index (χ4v) is 4.09. The molecule has 0 unspecified atom stereocenters. The van der Waals surface area contributed by atoms with Gasteiger partial charge in [0.25, 0.3) is 0 Å². The maximum absolute atomic E-state index is 12.6. The number of nitro benzene ring substituents is 1. The van der Waals surface area contributed by atoms with E-state index >= 15 is 0 Å². The number of carbonyl (C=O) groups is 1. The molecular weight excluding hydrogens is 468 g/mol. The van der Waals surface area contributed by atoms with Crippen molar-refractivity contribution in [2.75, 3.05) is 24.6 Å². The molecule has 3 rings (SSSR count). The van der Waals surface area contributed by atoms with Crippen LogP contribution in [0.4, 0.5) is 22.7 Å². The number of rotatable bonds is 9. The van der Waals surface area contributed by atoms with Crippen molar-refractivity contribution in [2.45, 2.75) is 25.7 Å².